The molecule has 2 saturated heterocycles. The van der Waals surface area contributed by atoms with Crippen molar-refractivity contribution in [1.82, 2.24) is 9.21 Å². The number of halogens is 2. The predicted octanol–water partition coefficient (Wildman–Crippen LogP) is 1.64. The Morgan fingerprint density at radius 1 is 1.27 bits per heavy atom. The van der Waals surface area contributed by atoms with Gasteiger partial charge in [0, 0.05) is 30.7 Å². The first-order valence-electron chi connectivity index (χ1n) is 8.42. The molecule has 2 aliphatic rings. The van der Waals surface area contributed by atoms with Gasteiger partial charge in [0.2, 0.25) is 10.0 Å². The molecule has 0 spiro atoms. The van der Waals surface area contributed by atoms with Gasteiger partial charge in [-0.05, 0) is 37.8 Å². The number of carboxylic acid groups (broad SMARTS) is 1. The highest BCUT2D eigenvalue weighted by Gasteiger charge is 2.43. The van der Waals surface area contributed by atoms with E-state index >= 15 is 0 Å². The molecule has 10 heteroatoms. The normalized spacial score (nSPS) is 27.8. The van der Waals surface area contributed by atoms with Gasteiger partial charge in [0.25, 0.3) is 0 Å². The summed E-state index contributed by atoms with van der Waals surface area (Å²) in [5.74, 6) is -1.43. The number of nitrogens with zero attached hydrogens (tertiary/aromatic N) is 2. The van der Waals surface area contributed by atoms with E-state index in [0.717, 1.165) is 12.1 Å². The average molecular weight is 389 g/mol. The number of fused-ring (bicyclic) bond motifs is 2. The van der Waals surface area contributed by atoms with Crippen molar-refractivity contribution in [2.75, 3.05) is 24.6 Å². The fourth-order valence-corrected chi connectivity index (χ4v) is 5.56. The van der Waals surface area contributed by atoms with Gasteiger partial charge in [-0.15, -0.1) is 0 Å². The first kappa shape index (κ1) is 18.8. The van der Waals surface area contributed by atoms with E-state index in [1.807, 2.05) is 0 Å². The number of hydrogen-bond acceptors (Lipinski definition) is 4. The predicted molar refractivity (Wildman–Crippen MR) is 91.1 cm³/mol. The zero-order valence-corrected chi connectivity index (χ0v) is 14.9. The lowest BCUT2D eigenvalue weighted by atomic mass is 9.99. The maximum Gasteiger partial charge on any atom is 0.407 e. The van der Waals surface area contributed by atoms with E-state index in [4.69, 9.17) is 5.73 Å². The zero-order valence-electron chi connectivity index (χ0n) is 14.1. The van der Waals surface area contributed by atoms with Crippen LogP contribution >= 0.6 is 0 Å². The second kappa shape index (κ2) is 6.99. The van der Waals surface area contributed by atoms with Crippen LogP contribution in [0.25, 0.3) is 0 Å². The molecule has 2 aliphatic heterocycles. The Balaban J connectivity index is 1.85. The van der Waals surface area contributed by atoms with Crippen molar-refractivity contribution < 1.29 is 27.1 Å². The SMILES string of the molecule is Nc1c(F)ccc(F)c1CCC1CN(C(=O)O)C2CCCS(=O)(=O)N1C2. The Bertz CT molecular complexity index is 818. The number of sulfonamides is 1. The number of anilines is 1. The van der Waals surface area contributed by atoms with Gasteiger partial charge in [0.15, 0.2) is 0 Å². The molecule has 26 heavy (non-hydrogen) atoms. The van der Waals surface area contributed by atoms with Crippen molar-refractivity contribution in [3.8, 4) is 0 Å². The lowest BCUT2D eigenvalue weighted by Gasteiger charge is -2.43. The monoisotopic (exact) mass is 389 g/mol. The number of benzene rings is 1. The van der Waals surface area contributed by atoms with Crippen molar-refractivity contribution in [1.29, 1.82) is 0 Å². The van der Waals surface area contributed by atoms with Gasteiger partial charge in [-0.3, -0.25) is 0 Å². The lowest BCUT2D eigenvalue weighted by Crippen LogP contribution is -2.60. The van der Waals surface area contributed by atoms with E-state index in [9.17, 15) is 27.1 Å². The summed E-state index contributed by atoms with van der Waals surface area (Å²) in [4.78, 5) is 12.8. The van der Waals surface area contributed by atoms with Gasteiger partial charge in [-0.1, -0.05) is 0 Å². The van der Waals surface area contributed by atoms with Crippen LogP contribution in [0, 0.1) is 11.6 Å². The number of nitrogen functional groups attached to an aromatic ring is 1. The molecule has 2 heterocycles. The summed E-state index contributed by atoms with van der Waals surface area (Å²) in [6.07, 6.45) is -0.0497. The van der Waals surface area contributed by atoms with Crippen molar-refractivity contribution in [3.05, 3.63) is 29.3 Å². The highest BCUT2D eigenvalue weighted by atomic mass is 32.2. The van der Waals surface area contributed by atoms with Gasteiger partial charge in [-0.25, -0.2) is 22.0 Å². The third-order valence-corrected chi connectivity index (χ3v) is 7.13. The van der Waals surface area contributed by atoms with Crippen LogP contribution in [0.4, 0.5) is 19.3 Å². The molecule has 3 atom stereocenters. The van der Waals surface area contributed by atoms with Gasteiger partial charge in [0.05, 0.1) is 11.4 Å². The second-order valence-corrected chi connectivity index (χ2v) is 8.77. The highest BCUT2D eigenvalue weighted by molar-refractivity contribution is 7.89. The molecule has 0 aliphatic carbocycles. The number of rotatable bonds is 3. The van der Waals surface area contributed by atoms with Crippen molar-refractivity contribution >= 4 is 21.8 Å². The first-order valence-corrected chi connectivity index (χ1v) is 10.0. The summed E-state index contributed by atoms with van der Waals surface area (Å²) in [6, 6.07) is 0.902. The maximum absolute atomic E-state index is 14.0. The van der Waals surface area contributed by atoms with Crippen molar-refractivity contribution in [3.63, 3.8) is 0 Å². The fourth-order valence-electron chi connectivity index (χ4n) is 3.77. The molecular formula is C16H21F2N3O4S. The number of hydrogen-bond donors (Lipinski definition) is 2. The molecule has 1 aromatic rings. The van der Waals surface area contributed by atoms with Crippen LogP contribution < -0.4 is 5.73 Å². The minimum atomic E-state index is -3.51. The Labute approximate surface area is 150 Å². The highest BCUT2D eigenvalue weighted by Crippen LogP contribution is 2.30. The summed E-state index contributed by atoms with van der Waals surface area (Å²) in [5, 5.41) is 9.43. The van der Waals surface area contributed by atoms with E-state index in [1.165, 1.54) is 9.21 Å². The molecule has 0 radical (unpaired) electrons. The number of nitrogens with two attached hydrogens (primary N) is 1. The maximum atomic E-state index is 14.0. The van der Waals surface area contributed by atoms with Crippen LogP contribution in [0.5, 0.6) is 0 Å². The molecule has 3 unspecified atom stereocenters. The van der Waals surface area contributed by atoms with Crippen LogP contribution in [-0.4, -0.2) is 59.7 Å². The quantitative estimate of drug-likeness (QED) is 0.765. The van der Waals surface area contributed by atoms with E-state index in [0.29, 0.717) is 12.8 Å². The molecule has 3 rings (SSSR count). The Hall–Kier alpha value is -1.94. The smallest absolute Gasteiger partial charge is 0.407 e. The lowest BCUT2D eigenvalue weighted by molar-refractivity contribution is 0.0658. The van der Waals surface area contributed by atoms with Crippen LogP contribution in [0.1, 0.15) is 24.8 Å². The summed E-state index contributed by atoms with van der Waals surface area (Å²) >= 11 is 0. The molecule has 0 aromatic heterocycles. The Kier molecular flexibility index (Phi) is 5.07. The van der Waals surface area contributed by atoms with E-state index in [1.54, 1.807) is 0 Å². The van der Waals surface area contributed by atoms with E-state index in [2.05, 4.69) is 0 Å². The molecule has 1 aromatic carbocycles. The Morgan fingerprint density at radius 3 is 2.65 bits per heavy atom. The summed E-state index contributed by atoms with van der Waals surface area (Å²) in [5.41, 5.74) is 5.29. The van der Waals surface area contributed by atoms with Crippen LogP contribution in [-0.2, 0) is 16.4 Å². The fraction of sp³-hybridized carbons (Fsp3) is 0.562. The molecular weight excluding hydrogens is 368 g/mol. The Morgan fingerprint density at radius 2 is 1.96 bits per heavy atom. The van der Waals surface area contributed by atoms with Gasteiger partial charge >= 0.3 is 6.09 Å². The number of piperazine rings is 1. The molecule has 2 fully saturated rings. The topological polar surface area (TPSA) is 104 Å². The van der Waals surface area contributed by atoms with Crippen molar-refractivity contribution in [2.45, 2.75) is 37.8 Å². The van der Waals surface area contributed by atoms with E-state index in [-0.39, 0.29) is 49.0 Å². The largest absolute Gasteiger partial charge is 0.465 e. The van der Waals surface area contributed by atoms with Gasteiger partial charge in [-0.2, -0.15) is 4.31 Å². The summed E-state index contributed by atoms with van der Waals surface area (Å²) in [6.45, 7) is 0.108. The molecule has 144 valence electrons. The van der Waals surface area contributed by atoms with Gasteiger partial charge < -0.3 is 15.7 Å². The molecule has 0 saturated carbocycles. The average Bonchev–Trinajstić information content (AvgIpc) is 2.70. The molecule has 1 amide bonds. The zero-order chi connectivity index (χ0) is 19.1. The van der Waals surface area contributed by atoms with Crippen LogP contribution in [0.3, 0.4) is 0 Å². The molecule has 2 bridgehead atoms. The van der Waals surface area contributed by atoms with Crippen molar-refractivity contribution in [2.24, 2.45) is 0 Å². The van der Waals surface area contributed by atoms with E-state index < -0.39 is 33.8 Å². The first-order chi connectivity index (χ1) is 12.2. The second-order valence-electron chi connectivity index (χ2n) is 6.73. The van der Waals surface area contributed by atoms with Crippen LogP contribution in [0.2, 0.25) is 0 Å². The standard InChI is InChI=1S/C16H21F2N3O4S/c17-13-5-6-14(18)15(19)12(13)4-3-11-8-20(16(22)23)10-2-1-7-26(24,25)21(11)9-10/h5-6,10-11H,1-4,7-9,19H2,(H,22,23). The third-order valence-electron chi connectivity index (χ3n) is 5.16. The number of carbonyl (C=O) groups is 1. The molecule has 3 N–H and O–H groups in total. The minimum absolute atomic E-state index is 0.00999. The summed E-state index contributed by atoms with van der Waals surface area (Å²) < 4.78 is 53.9. The number of amides is 1. The van der Waals surface area contributed by atoms with Gasteiger partial charge in [0.1, 0.15) is 11.6 Å². The summed E-state index contributed by atoms with van der Waals surface area (Å²) in [7, 11) is -3.51. The molecule has 7 nitrogen and oxygen atoms in total. The van der Waals surface area contributed by atoms with Crippen LogP contribution in [0.15, 0.2) is 12.1 Å². The minimum Gasteiger partial charge on any atom is -0.465 e. The third kappa shape index (κ3) is 3.48.